The van der Waals surface area contributed by atoms with Gasteiger partial charge in [-0.25, -0.2) is 9.67 Å². The van der Waals surface area contributed by atoms with Crippen LogP contribution in [0.15, 0.2) is 48.8 Å². The van der Waals surface area contributed by atoms with Crippen molar-refractivity contribution in [3.8, 4) is 17.3 Å². The molecule has 0 saturated carbocycles. The number of benzene rings is 1. The third kappa shape index (κ3) is 3.37. The van der Waals surface area contributed by atoms with E-state index in [0.29, 0.717) is 35.0 Å². The minimum atomic E-state index is -0.268. The lowest BCUT2D eigenvalue weighted by molar-refractivity contribution is 0.102. The van der Waals surface area contributed by atoms with Crippen molar-refractivity contribution in [2.75, 3.05) is 19.5 Å². The fraction of sp³-hybridized carbons (Fsp3) is 0.211. The molecule has 2 aromatic heterocycles. The number of methoxy groups -OCH3 is 2. The number of nitrogens with one attached hydrogen (secondary N) is 1. The molecule has 0 radical (unpaired) electrons. The molecule has 1 amide bonds. The van der Waals surface area contributed by atoms with Crippen molar-refractivity contribution < 1.29 is 14.3 Å². The molecular formula is C19H20N4O3. The standard InChI is InChI=1S/C19H20N4O3/c1-4-16-14(12-21-23(16)18-7-5-6-10-20-18)19(24)22-15-11-13(25-2)8-9-17(15)26-3/h5-12H,4H2,1-3H3,(H,22,24). The number of anilines is 1. The number of carbonyl (C=O) groups excluding carboxylic acids is 1. The first-order chi connectivity index (χ1) is 12.7. The van der Waals surface area contributed by atoms with Gasteiger partial charge in [-0.3, -0.25) is 4.79 Å². The van der Waals surface area contributed by atoms with Crippen LogP contribution >= 0.6 is 0 Å². The molecule has 3 aromatic rings. The summed E-state index contributed by atoms with van der Waals surface area (Å²) in [5.41, 5.74) is 1.80. The van der Waals surface area contributed by atoms with Gasteiger partial charge in [-0.1, -0.05) is 13.0 Å². The molecular weight excluding hydrogens is 332 g/mol. The van der Waals surface area contributed by atoms with Crippen LogP contribution in [0.3, 0.4) is 0 Å². The van der Waals surface area contributed by atoms with Crippen LogP contribution in [-0.4, -0.2) is 34.9 Å². The fourth-order valence-corrected chi connectivity index (χ4v) is 2.68. The quantitative estimate of drug-likeness (QED) is 0.737. The highest BCUT2D eigenvalue weighted by molar-refractivity contribution is 6.05. The van der Waals surface area contributed by atoms with E-state index in [1.165, 1.54) is 0 Å². The first kappa shape index (κ1) is 17.5. The summed E-state index contributed by atoms with van der Waals surface area (Å²) in [5, 5.41) is 7.21. The molecule has 0 atom stereocenters. The fourth-order valence-electron chi connectivity index (χ4n) is 2.68. The van der Waals surface area contributed by atoms with E-state index in [1.807, 2.05) is 25.1 Å². The van der Waals surface area contributed by atoms with Crippen LogP contribution in [0.5, 0.6) is 11.5 Å². The summed E-state index contributed by atoms with van der Waals surface area (Å²) in [7, 11) is 3.12. The number of aromatic nitrogens is 3. The van der Waals surface area contributed by atoms with Gasteiger partial charge >= 0.3 is 0 Å². The van der Waals surface area contributed by atoms with Crippen LogP contribution in [-0.2, 0) is 6.42 Å². The van der Waals surface area contributed by atoms with E-state index in [1.54, 1.807) is 49.5 Å². The van der Waals surface area contributed by atoms with Crippen LogP contribution in [0.4, 0.5) is 5.69 Å². The molecule has 3 rings (SSSR count). The Bertz CT molecular complexity index is 906. The van der Waals surface area contributed by atoms with Gasteiger partial charge < -0.3 is 14.8 Å². The molecule has 0 aliphatic rings. The van der Waals surface area contributed by atoms with Crippen molar-refractivity contribution >= 4 is 11.6 Å². The monoisotopic (exact) mass is 352 g/mol. The Hall–Kier alpha value is -3.35. The van der Waals surface area contributed by atoms with Crippen molar-refractivity contribution in [1.82, 2.24) is 14.8 Å². The predicted molar refractivity (Wildman–Crippen MR) is 98.2 cm³/mol. The van der Waals surface area contributed by atoms with Gasteiger partial charge in [0, 0.05) is 12.3 Å². The second kappa shape index (κ2) is 7.69. The molecule has 0 aliphatic heterocycles. The van der Waals surface area contributed by atoms with Crippen molar-refractivity contribution in [1.29, 1.82) is 0 Å². The summed E-state index contributed by atoms with van der Waals surface area (Å²) < 4.78 is 12.2. The largest absolute Gasteiger partial charge is 0.497 e. The smallest absolute Gasteiger partial charge is 0.259 e. The van der Waals surface area contributed by atoms with Crippen LogP contribution in [0.2, 0.25) is 0 Å². The summed E-state index contributed by atoms with van der Waals surface area (Å²) in [5.74, 6) is 1.58. The van der Waals surface area contributed by atoms with Crippen molar-refractivity contribution in [3.63, 3.8) is 0 Å². The van der Waals surface area contributed by atoms with Gasteiger partial charge in [0.2, 0.25) is 0 Å². The molecule has 0 unspecified atom stereocenters. The molecule has 2 heterocycles. The highest BCUT2D eigenvalue weighted by atomic mass is 16.5. The lowest BCUT2D eigenvalue weighted by atomic mass is 10.2. The first-order valence-electron chi connectivity index (χ1n) is 8.19. The Labute approximate surface area is 151 Å². The number of hydrogen-bond acceptors (Lipinski definition) is 5. The molecule has 0 saturated heterocycles. The van der Waals surface area contributed by atoms with E-state index in [9.17, 15) is 4.79 Å². The van der Waals surface area contributed by atoms with Crippen molar-refractivity contribution in [3.05, 3.63) is 60.0 Å². The van der Waals surface area contributed by atoms with Crippen LogP contribution < -0.4 is 14.8 Å². The molecule has 0 fully saturated rings. The average Bonchev–Trinajstić information content (AvgIpc) is 3.12. The van der Waals surface area contributed by atoms with Crippen LogP contribution in [0.1, 0.15) is 23.0 Å². The molecule has 26 heavy (non-hydrogen) atoms. The third-order valence-corrected chi connectivity index (χ3v) is 3.97. The van der Waals surface area contributed by atoms with E-state index < -0.39 is 0 Å². The number of nitrogens with zero attached hydrogens (tertiary/aromatic N) is 3. The molecule has 0 spiro atoms. The predicted octanol–water partition coefficient (Wildman–Crippen LogP) is 3.10. The minimum absolute atomic E-state index is 0.268. The van der Waals surface area contributed by atoms with Crippen LogP contribution in [0, 0.1) is 0 Å². The average molecular weight is 352 g/mol. The maximum atomic E-state index is 12.8. The van der Waals surface area contributed by atoms with E-state index >= 15 is 0 Å². The number of carbonyl (C=O) groups is 1. The number of amides is 1. The number of hydrogen-bond donors (Lipinski definition) is 1. The topological polar surface area (TPSA) is 78.3 Å². The molecule has 7 heteroatoms. The van der Waals surface area contributed by atoms with E-state index in [-0.39, 0.29) is 5.91 Å². The molecule has 0 bridgehead atoms. The lowest BCUT2D eigenvalue weighted by Gasteiger charge is -2.12. The number of ether oxygens (including phenoxy) is 2. The summed E-state index contributed by atoms with van der Waals surface area (Å²) in [6, 6.07) is 10.8. The molecule has 0 aliphatic carbocycles. The summed E-state index contributed by atoms with van der Waals surface area (Å²) >= 11 is 0. The zero-order chi connectivity index (χ0) is 18.5. The normalized spacial score (nSPS) is 10.4. The summed E-state index contributed by atoms with van der Waals surface area (Å²) in [6.45, 7) is 1.97. The van der Waals surface area contributed by atoms with Gasteiger partial charge in [-0.2, -0.15) is 5.10 Å². The van der Waals surface area contributed by atoms with E-state index in [4.69, 9.17) is 9.47 Å². The molecule has 1 aromatic carbocycles. The molecule has 1 N–H and O–H groups in total. The van der Waals surface area contributed by atoms with Gasteiger partial charge in [0.05, 0.1) is 37.4 Å². The van der Waals surface area contributed by atoms with Gasteiger partial charge in [0.25, 0.3) is 5.91 Å². The maximum absolute atomic E-state index is 12.8. The highest BCUT2D eigenvalue weighted by Crippen LogP contribution is 2.29. The van der Waals surface area contributed by atoms with Crippen LogP contribution in [0.25, 0.3) is 5.82 Å². The van der Waals surface area contributed by atoms with Crippen molar-refractivity contribution in [2.45, 2.75) is 13.3 Å². The molecule has 134 valence electrons. The second-order valence-electron chi connectivity index (χ2n) is 5.48. The molecule has 7 nitrogen and oxygen atoms in total. The van der Waals surface area contributed by atoms with E-state index in [0.717, 1.165) is 5.69 Å². The minimum Gasteiger partial charge on any atom is -0.497 e. The van der Waals surface area contributed by atoms with Gasteiger partial charge in [0.15, 0.2) is 5.82 Å². The lowest BCUT2D eigenvalue weighted by Crippen LogP contribution is -2.15. The second-order valence-corrected chi connectivity index (χ2v) is 5.48. The summed E-state index contributed by atoms with van der Waals surface area (Å²) in [4.78, 5) is 17.1. The van der Waals surface area contributed by atoms with Gasteiger partial charge in [-0.05, 0) is 30.7 Å². The van der Waals surface area contributed by atoms with Crippen molar-refractivity contribution in [2.24, 2.45) is 0 Å². The maximum Gasteiger partial charge on any atom is 0.259 e. The Morgan fingerprint density at radius 2 is 2.04 bits per heavy atom. The SMILES string of the molecule is CCc1c(C(=O)Nc2cc(OC)ccc2OC)cnn1-c1ccccn1. The first-order valence-corrected chi connectivity index (χ1v) is 8.19. The number of rotatable bonds is 6. The summed E-state index contributed by atoms with van der Waals surface area (Å²) in [6.07, 6.45) is 3.88. The Morgan fingerprint density at radius 1 is 1.19 bits per heavy atom. The zero-order valence-electron chi connectivity index (χ0n) is 14.9. The Kier molecular flexibility index (Phi) is 5.17. The van der Waals surface area contributed by atoms with Gasteiger partial charge in [0.1, 0.15) is 11.5 Å². The highest BCUT2D eigenvalue weighted by Gasteiger charge is 2.19. The third-order valence-electron chi connectivity index (χ3n) is 3.97. The van der Waals surface area contributed by atoms with Gasteiger partial charge in [-0.15, -0.1) is 0 Å². The van der Waals surface area contributed by atoms with E-state index in [2.05, 4.69) is 15.4 Å². The zero-order valence-corrected chi connectivity index (χ0v) is 14.9. The Morgan fingerprint density at radius 3 is 2.69 bits per heavy atom. The Balaban J connectivity index is 1.93. The number of pyridine rings is 1.